The molecule has 0 bridgehead atoms. The molecule has 4 rings (SSSR count). The second-order valence-corrected chi connectivity index (χ2v) is 11.6. The van der Waals surface area contributed by atoms with E-state index in [-0.39, 0.29) is 29.5 Å². The number of aliphatic hydroxyl groups is 2. The summed E-state index contributed by atoms with van der Waals surface area (Å²) in [6, 6.07) is 0. The van der Waals surface area contributed by atoms with E-state index in [1.165, 1.54) is 0 Å². The molecule has 4 aliphatic rings. The van der Waals surface area contributed by atoms with Crippen LogP contribution in [0.5, 0.6) is 0 Å². The molecule has 0 unspecified atom stereocenters. The van der Waals surface area contributed by atoms with Gasteiger partial charge in [0.1, 0.15) is 0 Å². The molecule has 170 valence electrons. The lowest BCUT2D eigenvalue weighted by molar-refractivity contribution is -0.159. The van der Waals surface area contributed by atoms with Gasteiger partial charge in [-0.2, -0.15) is 0 Å². The number of hydrogen-bond donors (Lipinski definition) is 3. The molecule has 0 heterocycles. The molecule has 0 aromatic rings. The first-order chi connectivity index (χ1) is 14.1. The lowest BCUT2D eigenvalue weighted by Gasteiger charge is -2.63. The van der Waals surface area contributed by atoms with E-state index in [1.807, 2.05) is 0 Å². The normalized spacial score (nSPS) is 50.5. The fourth-order valence-corrected chi connectivity index (χ4v) is 8.82. The number of aliphatic hydroxyl groups excluding tert-OH is 2. The Kier molecular flexibility index (Phi) is 5.89. The Labute approximate surface area is 182 Å². The molecular weight excluding hydrogens is 376 g/mol. The summed E-state index contributed by atoms with van der Waals surface area (Å²) in [5.41, 5.74) is 1.66. The fourth-order valence-electron chi connectivity index (χ4n) is 8.82. The Bertz CT molecular complexity index is 701. The van der Waals surface area contributed by atoms with Gasteiger partial charge in [-0.05, 0) is 105 Å². The first kappa shape index (κ1) is 22.3. The third-order valence-corrected chi connectivity index (χ3v) is 10.6. The van der Waals surface area contributed by atoms with Crippen molar-refractivity contribution in [2.24, 2.45) is 46.3 Å². The Balaban J connectivity index is 1.65. The zero-order valence-electron chi connectivity index (χ0n) is 19.3. The molecule has 4 nitrogen and oxygen atoms in total. The van der Waals surface area contributed by atoms with Crippen molar-refractivity contribution in [2.75, 3.05) is 0 Å². The molecule has 0 saturated heterocycles. The molecule has 4 fully saturated rings. The minimum atomic E-state index is -0.715. The number of aliphatic carboxylic acids is 1. The number of fused-ring (bicyclic) bond motifs is 5. The zero-order chi connectivity index (χ0) is 21.8. The van der Waals surface area contributed by atoms with Crippen molar-refractivity contribution in [3.05, 3.63) is 11.6 Å². The summed E-state index contributed by atoms with van der Waals surface area (Å²) in [4.78, 5) is 11.1. The smallest absolute Gasteiger partial charge is 0.303 e. The first-order valence-electron chi connectivity index (χ1n) is 12.4. The van der Waals surface area contributed by atoms with Gasteiger partial charge in [0.25, 0.3) is 0 Å². The van der Waals surface area contributed by atoms with E-state index in [2.05, 4.69) is 33.8 Å². The predicted molar refractivity (Wildman–Crippen MR) is 118 cm³/mol. The molecule has 4 heteroatoms. The van der Waals surface area contributed by atoms with Gasteiger partial charge in [0, 0.05) is 6.42 Å². The SMILES string of the molecule is C/C=C1\C[C@@H]2C[C@H](O)CC[C@]2(C)[C@H]2C[C@H](O)[C@]3(C)[C@@H]([C@H](C)CCC(=O)O)CC[C@H]3[C@H]12. The number of rotatable bonds is 4. The summed E-state index contributed by atoms with van der Waals surface area (Å²) in [5.74, 6) is 2.06. The van der Waals surface area contributed by atoms with Crippen LogP contribution < -0.4 is 0 Å². The Hall–Kier alpha value is -0.870. The summed E-state index contributed by atoms with van der Waals surface area (Å²) in [6.45, 7) is 9.15. The molecule has 3 N–H and O–H groups in total. The number of hydrogen-bond acceptors (Lipinski definition) is 3. The van der Waals surface area contributed by atoms with Crippen molar-refractivity contribution < 1.29 is 20.1 Å². The topological polar surface area (TPSA) is 77.8 Å². The summed E-state index contributed by atoms with van der Waals surface area (Å²) < 4.78 is 0. The van der Waals surface area contributed by atoms with Crippen LogP contribution in [0.3, 0.4) is 0 Å². The van der Waals surface area contributed by atoms with Crippen molar-refractivity contribution >= 4 is 5.97 Å². The summed E-state index contributed by atoms with van der Waals surface area (Å²) in [6.07, 6.45) is 9.90. The summed E-state index contributed by atoms with van der Waals surface area (Å²) >= 11 is 0. The van der Waals surface area contributed by atoms with E-state index in [1.54, 1.807) is 5.57 Å². The number of carboxylic acid groups (broad SMARTS) is 1. The van der Waals surface area contributed by atoms with Crippen molar-refractivity contribution in [3.63, 3.8) is 0 Å². The van der Waals surface area contributed by atoms with Crippen LogP contribution in [0, 0.1) is 46.3 Å². The van der Waals surface area contributed by atoms with Crippen molar-refractivity contribution in [3.8, 4) is 0 Å². The van der Waals surface area contributed by atoms with E-state index in [0.29, 0.717) is 41.9 Å². The maximum Gasteiger partial charge on any atom is 0.303 e. The molecule has 0 spiro atoms. The van der Waals surface area contributed by atoms with Gasteiger partial charge < -0.3 is 15.3 Å². The van der Waals surface area contributed by atoms with Crippen molar-refractivity contribution in [2.45, 2.75) is 97.7 Å². The van der Waals surface area contributed by atoms with Crippen LogP contribution in [-0.2, 0) is 4.79 Å². The van der Waals surface area contributed by atoms with Crippen LogP contribution in [0.15, 0.2) is 11.6 Å². The molecular formula is C26H42O4. The monoisotopic (exact) mass is 418 g/mol. The van der Waals surface area contributed by atoms with Crippen LogP contribution in [0.1, 0.15) is 85.5 Å². The number of allylic oxidation sites excluding steroid dienone is 2. The molecule has 4 saturated carbocycles. The average molecular weight is 419 g/mol. The van der Waals surface area contributed by atoms with Crippen LogP contribution in [0.4, 0.5) is 0 Å². The van der Waals surface area contributed by atoms with Gasteiger partial charge in [0.2, 0.25) is 0 Å². The summed E-state index contributed by atoms with van der Waals surface area (Å²) in [5, 5.41) is 31.1. The minimum Gasteiger partial charge on any atom is -0.481 e. The van der Waals surface area contributed by atoms with Gasteiger partial charge in [0.15, 0.2) is 0 Å². The highest BCUT2D eigenvalue weighted by Gasteiger charge is 2.64. The largest absolute Gasteiger partial charge is 0.481 e. The maximum atomic E-state index is 11.6. The first-order valence-corrected chi connectivity index (χ1v) is 12.4. The van der Waals surface area contributed by atoms with Crippen LogP contribution in [0.25, 0.3) is 0 Å². The molecule has 10 atom stereocenters. The van der Waals surface area contributed by atoms with Gasteiger partial charge in [0.05, 0.1) is 12.2 Å². The van der Waals surface area contributed by atoms with E-state index < -0.39 is 5.97 Å². The molecule has 0 radical (unpaired) electrons. The van der Waals surface area contributed by atoms with Crippen LogP contribution in [-0.4, -0.2) is 33.5 Å². The second kappa shape index (κ2) is 7.92. The number of carbonyl (C=O) groups is 1. The van der Waals surface area contributed by atoms with Gasteiger partial charge in [-0.3, -0.25) is 4.79 Å². The van der Waals surface area contributed by atoms with Gasteiger partial charge in [-0.25, -0.2) is 0 Å². The van der Waals surface area contributed by atoms with E-state index in [0.717, 1.165) is 44.9 Å². The number of carboxylic acids is 1. The van der Waals surface area contributed by atoms with Crippen molar-refractivity contribution in [1.82, 2.24) is 0 Å². The predicted octanol–water partition coefficient (Wildman–Crippen LogP) is 5.03. The Morgan fingerprint density at radius 1 is 1.17 bits per heavy atom. The van der Waals surface area contributed by atoms with Gasteiger partial charge in [-0.15, -0.1) is 0 Å². The maximum absolute atomic E-state index is 11.6. The highest BCUT2D eigenvalue weighted by Crippen LogP contribution is 2.69. The van der Waals surface area contributed by atoms with E-state index >= 15 is 0 Å². The van der Waals surface area contributed by atoms with Gasteiger partial charge >= 0.3 is 5.97 Å². The second-order valence-electron chi connectivity index (χ2n) is 11.6. The molecule has 4 aliphatic carbocycles. The molecule has 0 aromatic heterocycles. The Morgan fingerprint density at radius 2 is 1.90 bits per heavy atom. The standard InChI is InChI=1S/C26H42O4/c1-5-16-12-17-13-18(27)10-11-25(17,3)21-14-22(28)26(4)19(7-8-20(26)24(16)21)15(2)6-9-23(29)30/h5,15,17-22,24,27-28H,6-14H2,1-4H3,(H,29,30)/b16-5+/t15-,17-,18-,19-,20+,21+,22+,24+,25+,26-/m1/s1. The van der Waals surface area contributed by atoms with Gasteiger partial charge in [-0.1, -0.05) is 32.4 Å². The molecule has 0 amide bonds. The van der Waals surface area contributed by atoms with Crippen LogP contribution >= 0.6 is 0 Å². The van der Waals surface area contributed by atoms with Crippen LogP contribution in [0.2, 0.25) is 0 Å². The Morgan fingerprint density at radius 3 is 2.57 bits per heavy atom. The summed E-state index contributed by atoms with van der Waals surface area (Å²) in [7, 11) is 0. The highest BCUT2D eigenvalue weighted by molar-refractivity contribution is 5.66. The lowest BCUT2D eigenvalue weighted by atomic mass is 9.42. The molecule has 0 aliphatic heterocycles. The zero-order valence-corrected chi connectivity index (χ0v) is 19.3. The third kappa shape index (κ3) is 3.28. The van der Waals surface area contributed by atoms with E-state index in [4.69, 9.17) is 5.11 Å². The van der Waals surface area contributed by atoms with Crippen molar-refractivity contribution in [1.29, 1.82) is 0 Å². The van der Waals surface area contributed by atoms with E-state index in [9.17, 15) is 15.0 Å². The minimum absolute atomic E-state index is 0.120. The highest BCUT2D eigenvalue weighted by atomic mass is 16.4. The third-order valence-electron chi connectivity index (χ3n) is 10.6. The fraction of sp³-hybridized carbons (Fsp3) is 0.885. The molecule has 30 heavy (non-hydrogen) atoms. The average Bonchev–Trinajstić information content (AvgIpc) is 3.06. The molecule has 0 aromatic carbocycles. The lowest BCUT2D eigenvalue weighted by Crippen LogP contribution is -2.59. The quantitative estimate of drug-likeness (QED) is 0.559.